The molecule has 186 valence electrons. The fraction of sp³-hybridized carbons (Fsp3) is 0.346. The molecule has 0 aliphatic carbocycles. The number of imidazole rings is 1. The largest absolute Gasteiger partial charge is 0.497 e. The first-order chi connectivity index (χ1) is 17.3. The molecule has 36 heavy (non-hydrogen) atoms. The molecule has 1 aliphatic heterocycles. The summed E-state index contributed by atoms with van der Waals surface area (Å²) >= 11 is 0. The van der Waals surface area contributed by atoms with Crippen LogP contribution in [0.3, 0.4) is 0 Å². The van der Waals surface area contributed by atoms with Gasteiger partial charge in [-0.3, -0.25) is 9.36 Å². The Morgan fingerprint density at radius 3 is 2.44 bits per heavy atom. The number of hydrogen-bond acceptors (Lipinski definition) is 8. The van der Waals surface area contributed by atoms with Crippen LogP contribution in [0.5, 0.6) is 5.75 Å². The summed E-state index contributed by atoms with van der Waals surface area (Å²) in [6.45, 7) is 8.84. The van der Waals surface area contributed by atoms with Gasteiger partial charge in [-0.1, -0.05) is 25.9 Å². The number of piperazine rings is 1. The zero-order valence-corrected chi connectivity index (χ0v) is 20.9. The minimum atomic E-state index is -0.211. The van der Waals surface area contributed by atoms with Crippen molar-refractivity contribution in [3.8, 4) is 23.0 Å². The molecular formula is C26H29N7O3. The summed E-state index contributed by atoms with van der Waals surface area (Å²) in [4.78, 5) is 30.5. The highest BCUT2D eigenvalue weighted by Gasteiger charge is 2.25. The van der Waals surface area contributed by atoms with E-state index in [1.54, 1.807) is 30.4 Å². The lowest BCUT2D eigenvalue weighted by atomic mass is 9.96. The van der Waals surface area contributed by atoms with Crippen molar-refractivity contribution in [3.63, 3.8) is 0 Å². The second-order valence-electron chi connectivity index (χ2n) is 9.72. The Morgan fingerprint density at radius 1 is 1.03 bits per heavy atom. The molecule has 4 aromatic rings. The topological polar surface area (TPSA) is 102 Å². The lowest BCUT2D eigenvalue weighted by molar-refractivity contribution is 0.0741. The molecule has 1 amide bonds. The summed E-state index contributed by atoms with van der Waals surface area (Å²) in [6.07, 6.45) is 4.98. The number of carbonyl (C=O) groups excluding carboxylic acids is 1. The van der Waals surface area contributed by atoms with Crippen molar-refractivity contribution in [3.05, 3.63) is 66.6 Å². The van der Waals surface area contributed by atoms with E-state index in [1.165, 1.54) is 0 Å². The number of anilines is 1. The maximum Gasteiger partial charge on any atom is 0.274 e. The lowest BCUT2D eigenvalue weighted by Gasteiger charge is -2.35. The van der Waals surface area contributed by atoms with Crippen molar-refractivity contribution in [2.24, 2.45) is 0 Å². The van der Waals surface area contributed by atoms with Gasteiger partial charge in [0.25, 0.3) is 11.8 Å². The normalized spacial score (nSPS) is 14.2. The second kappa shape index (κ2) is 9.44. The van der Waals surface area contributed by atoms with Crippen LogP contribution in [0, 0.1) is 0 Å². The van der Waals surface area contributed by atoms with Gasteiger partial charge < -0.3 is 19.1 Å². The van der Waals surface area contributed by atoms with Crippen LogP contribution in [0.1, 0.15) is 37.1 Å². The standard InChI is InChI=1S/C26H29N7O3/c1-26(2,3)25-29-23(36-30-25)18-9-10-27-22(15-18)33-16-21(28-17-33)24(34)32-13-11-31(12-14-32)19-5-7-20(35-4)8-6-19/h5-10,15-17H,11-14H2,1-4H3. The molecule has 0 spiro atoms. The molecule has 5 rings (SSSR count). The van der Waals surface area contributed by atoms with Crippen LogP contribution in [0.15, 0.2) is 59.6 Å². The van der Waals surface area contributed by atoms with Gasteiger partial charge in [0.1, 0.15) is 23.6 Å². The van der Waals surface area contributed by atoms with E-state index in [0.717, 1.165) is 30.1 Å². The number of ether oxygens (including phenoxy) is 1. The van der Waals surface area contributed by atoms with E-state index in [2.05, 4.69) is 25.0 Å². The van der Waals surface area contributed by atoms with Gasteiger partial charge >= 0.3 is 0 Å². The Bertz CT molecular complexity index is 1350. The van der Waals surface area contributed by atoms with Crippen molar-refractivity contribution >= 4 is 11.6 Å². The molecule has 0 bridgehead atoms. The number of benzene rings is 1. The highest BCUT2D eigenvalue weighted by atomic mass is 16.5. The van der Waals surface area contributed by atoms with Crippen LogP contribution in [-0.4, -0.2) is 68.8 Å². The molecule has 0 radical (unpaired) electrons. The van der Waals surface area contributed by atoms with Gasteiger partial charge in [-0.2, -0.15) is 4.98 Å². The second-order valence-corrected chi connectivity index (χ2v) is 9.72. The fourth-order valence-corrected chi connectivity index (χ4v) is 4.02. The molecule has 1 aliphatic rings. The zero-order valence-electron chi connectivity index (χ0n) is 20.9. The predicted molar refractivity (Wildman–Crippen MR) is 134 cm³/mol. The SMILES string of the molecule is COc1ccc(N2CCN(C(=O)c3cn(-c4cc(-c5nc(C(C)(C)C)no5)ccn4)cn3)CC2)cc1. The van der Waals surface area contributed by atoms with Gasteiger partial charge in [0, 0.05) is 55.2 Å². The van der Waals surface area contributed by atoms with Crippen LogP contribution in [0.4, 0.5) is 5.69 Å². The number of aromatic nitrogens is 5. The van der Waals surface area contributed by atoms with Gasteiger partial charge in [0.2, 0.25) is 0 Å². The Labute approximate surface area is 209 Å². The molecule has 10 heteroatoms. The number of hydrogen-bond donors (Lipinski definition) is 0. The average molecular weight is 488 g/mol. The van der Waals surface area contributed by atoms with E-state index in [4.69, 9.17) is 9.26 Å². The van der Waals surface area contributed by atoms with E-state index in [1.807, 2.05) is 62.1 Å². The monoisotopic (exact) mass is 487 g/mol. The quantitative estimate of drug-likeness (QED) is 0.421. The Balaban J connectivity index is 1.26. The van der Waals surface area contributed by atoms with E-state index in [-0.39, 0.29) is 11.3 Å². The first-order valence-electron chi connectivity index (χ1n) is 11.8. The summed E-state index contributed by atoms with van der Waals surface area (Å²) in [5.74, 6) is 2.41. The summed E-state index contributed by atoms with van der Waals surface area (Å²) in [5, 5.41) is 4.09. The van der Waals surface area contributed by atoms with E-state index in [9.17, 15) is 4.79 Å². The highest BCUT2D eigenvalue weighted by Crippen LogP contribution is 2.25. The Hall–Kier alpha value is -4.21. The van der Waals surface area contributed by atoms with E-state index < -0.39 is 0 Å². The predicted octanol–water partition coefficient (Wildman–Crippen LogP) is 3.59. The van der Waals surface area contributed by atoms with Crippen molar-refractivity contribution in [2.45, 2.75) is 26.2 Å². The third-order valence-corrected chi connectivity index (χ3v) is 6.16. The number of amides is 1. The minimum Gasteiger partial charge on any atom is -0.497 e. The first-order valence-corrected chi connectivity index (χ1v) is 11.8. The maximum absolute atomic E-state index is 13.1. The highest BCUT2D eigenvalue weighted by molar-refractivity contribution is 5.92. The molecule has 0 saturated carbocycles. The van der Waals surface area contributed by atoms with Crippen LogP contribution in [0.25, 0.3) is 17.3 Å². The van der Waals surface area contributed by atoms with Gasteiger partial charge in [-0.15, -0.1) is 0 Å². The van der Waals surface area contributed by atoms with Crippen molar-refractivity contribution in [2.75, 3.05) is 38.2 Å². The Kier molecular flexibility index (Phi) is 6.17. The summed E-state index contributed by atoms with van der Waals surface area (Å²) < 4.78 is 12.4. The van der Waals surface area contributed by atoms with E-state index in [0.29, 0.717) is 36.3 Å². The van der Waals surface area contributed by atoms with E-state index >= 15 is 0 Å². The van der Waals surface area contributed by atoms with Gasteiger partial charge in [-0.05, 0) is 36.4 Å². The van der Waals surface area contributed by atoms with Crippen LogP contribution in [-0.2, 0) is 5.41 Å². The Morgan fingerprint density at radius 2 is 1.78 bits per heavy atom. The minimum absolute atomic E-state index is 0.0917. The summed E-state index contributed by atoms with van der Waals surface area (Å²) in [6, 6.07) is 11.6. The molecule has 4 heterocycles. The molecule has 0 unspecified atom stereocenters. The van der Waals surface area contributed by atoms with Gasteiger partial charge in [0.05, 0.1) is 7.11 Å². The van der Waals surface area contributed by atoms with Crippen molar-refractivity contribution in [1.82, 2.24) is 29.6 Å². The summed E-state index contributed by atoms with van der Waals surface area (Å²) in [5.41, 5.74) is 2.04. The van der Waals surface area contributed by atoms with Crippen LogP contribution < -0.4 is 9.64 Å². The van der Waals surface area contributed by atoms with Gasteiger partial charge in [0.15, 0.2) is 5.82 Å². The molecule has 1 fully saturated rings. The average Bonchev–Trinajstić information content (AvgIpc) is 3.59. The molecule has 0 N–H and O–H groups in total. The molecule has 1 saturated heterocycles. The zero-order chi connectivity index (χ0) is 25.3. The lowest BCUT2D eigenvalue weighted by Crippen LogP contribution is -2.48. The molecule has 10 nitrogen and oxygen atoms in total. The van der Waals surface area contributed by atoms with Gasteiger partial charge in [-0.25, -0.2) is 9.97 Å². The number of carbonyl (C=O) groups is 1. The van der Waals surface area contributed by atoms with Crippen molar-refractivity contribution < 1.29 is 14.1 Å². The first kappa shape index (κ1) is 23.5. The molecule has 1 aromatic carbocycles. The molecule has 3 aromatic heterocycles. The smallest absolute Gasteiger partial charge is 0.274 e. The molecule has 0 atom stereocenters. The van der Waals surface area contributed by atoms with Crippen molar-refractivity contribution in [1.29, 1.82) is 0 Å². The number of nitrogens with zero attached hydrogens (tertiary/aromatic N) is 7. The van der Waals surface area contributed by atoms with Crippen LogP contribution >= 0.6 is 0 Å². The molecular weight excluding hydrogens is 458 g/mol. The fourth-order valence-electron chi connectivity index (χ4n) is 4.02. The number of methoxy groups -OCH3 is 1. The van der Waals surface area contributed by atoms with Crippen LogP contribution in [0.2, 0.25) is 0 Å². The third kappa shape index (κ3) is 4.79. The number of pyridine rings is 1. The maximum atomic E-state index is 13.1. The third-order valence-electron chi connectivity index (χ3n) is 6.16. The summed E-state index contributed by atoms with van der Waals surface area (Å²) in [7, 11) is 1.66. The number of rotatable bonds is 5.